The average molecular weight is 438 g/mol. The second-order valence-electron chi connectivity index (χ2n) is 7.24. The molecule has 0 saturated heterocycles. The third-order valence-corrected chi connectivity index (χ3v) is 5.44. The molecule has 31 heavy (non-hydrogen) atoms. The Labute approximate surface area is 182 Å². The van der Waals surface area contributed by atoms with E-state index in [1.54, 1.807) is 36.4 Å². The smallest absolute Gasteiger partial charge is 0.251 e. The number of benzene rings is 3. The fraction of sp³-hybridized carbons (Fsp3) is 0.130. The fourth-order valence-corrected chi connectivity index (χ4v) is 3.69. The highest BCUT2D eigenvalue weighted by Gasteiger charge is 2.17. The van der Waals surface area contributed by atoms with Crippen LogP contribution in [0, 0.1) is 0 Å². The van der Waals surface area contributed by atoms with Crippen molar-refractivity contribution in [2.75, 3.05) is 13.2 Å². The Morgan fingerprint density at radius 3 is 2.32 bits per heavy atom. The number of H-pyrrole nitrogens is 1. The molecule has 0 saturated carbocycles. The number of carbonyl (C=O) groups excluding carboxylic acids is 2. The second-order valence-corrected chi connectivity index (χ2v) is 7.67. The second kappa shape index (κ2) is 8.39. The average Bonchev–Trinajstić information content (AvgIpc) is 3.14. The van der Waals surface area contributed by atoms with Crippen molar-refractivity contribution >= 4 is 45.2 Å². The minimum Gasteiger partial charge on any atom is -0.394 e. The van der Waals surface area contributed by atoms with Crippen LogP contribution in [0.5, 0.6) is 0 Å². The molecular formula is C23H20ClN3O4. The van der Waals surface area contributed by atoms with Gasteiger partial charge in [0.25, 0.3) is 11.8 Å². The Bertz CT molecular complexity index is 1290. The molecule has 0 spiro atoms. The number of halogens is 1. The molecule has 3 aromatic carbocycles. The van der Waals surface area contributed by atoms with Gasteiger partial charge in [-0.05, 0) is 53.6 Å². The molecule has 0 atom stereocenters. The van der Waals surface area contributed by atoms with E-state index in [1.165, 1.54) is 0 Å². The van der Waals surface area contributed by atoms with Gasteiger partial charge in [-0.25, -0.2) is 0 Å². The zero-order valence-electron chi connectivity index (χ0n) is 16.4. The summed E-state index contributed by atoms with van der Waals surface area (Å²) < 4.78 is 0. The van der Waals surface area contributed by atoms with E-state index in [0.717, 1.165) is 27.4 Å². The van der Waals surface area contributed by atoms with E-state index in [1.807, 2.05) is 18.2 Å². The summed E-state index contributed by atoms with van der Waals surface area (Å²) >= 11 is 5.99. The van der Waals surface area contributed by atoms with Crippen molar-refractivity contribution in [2.24, 2.45) is 5.73 Å². The van der Waals surface area contributed by atoms with Gasteiger partial charge in [-0.15, -0.1) is 0 Å². The zero-order chi connectivity index (χ0) is 22.1. The highest BCUT2D eigenvalue weighted by Crippen LogP contribution is 2.33. The SMILES string of the molecule is NC(=O)c1cc(-c2ccc(Cl)cc2)cc2c1[nH]c1ccc(C(=O)NC(CO)CO)cc12. The van der Waals surface area contributed by atoms with Gasteiger partial charge in [-0.2, -0.15) is 0 Å². The number of primary amides is 1. The Hall–Kier alpha value is -3.39. The normalized spacial score (nSPS) is 11.4. The van der Waals surface area contributed by atoms with Crippen LogP contribution in [0.25, 0.3) is 32.9 Å². The van der Waals surface area contributed by atoms with E-state index in [-0.39, 0.29) is 13.2 Å². The maximum atomic E-state index is 12.5. The van der Waals surface area contributed by atoms with Crippen molar-refractivity contribution in [1.29, 1.82) is 0 Å². The molecule has 2 amide bonds. The minimum absolute atomic E-state index is 0.338. The predicted molar refractivity (Wildman–Crippen MR) is 120 cm³/mol. The van der Waals surface area contributed by atoms with Crippen molar-refractivity contribution in [3.05, 3.63) is 70.7 Å². The molecule has 0 fully saturated rings. The monoisotopic (exact) mass is 437 g/mol. The molecule has 0 aliphatic rings. The van der Waals surface area contributed by atoms with Gasteiger partial charge < -0.3 is 26.2 Å². The summed E-state index contributed by atoms with van der Waals surface area (Å²) in [6.45, 7) is -0.742. The number of aliphatic hydroxyl groups is 2. The van der Waals surface area contributed by atoms with Gasteiger partial charge in [0, 0.05) is 26.9 Å². The van der Waals surface area contributed by atoms with Gasteiger partial charge in [0.15, 0.2) is 0 Å². The van der Waals surface area contributed by atoms with Crippen LogP contribution in [0.1, 0.15) is 20.7 Å². The molecule has 0 unspecified atom stereocenters. The molecule has 0 bridgehead atoms. The number of aromatic nitrogens is 1. The van der Waals surface area contributed by atoms with E-state index < -0.39 is 17.9 Å². The first-order valence-electron chi connectivity index (χ1n) is 9.59. The summed E-state index contributed by atoms with van der Waals surface area (Å²) in [5.41, 5.74) is 9.32. The standard InChI is InChI=1S/C23H20ClN3O4/c24-15-4-1-12(2-5-15)14-8-18-17-7-13(23(31)26-16(10-28)11-29)3-6-20(17)27-21(18)19(9-14)22(25)30/h1-9,16,27-29H,10-11H2,(H2,25,30)(H,26,31). The number of fused-ring (bicyclic) bond motifs is 3. The molecule has 6 N–H and O–H groups in total. The van der Waals surface area contributed by atoms with Crippen LogP contribution in [-0.4, -0.2) is 46.3 Å². The first-order chi connectivity index (χ1) is 14.9. The molecule has 158 valence electrons. The number of hydrogen-bond acceptors (Lipinski definition) is 4. The number of aromatic amines is 1. The lowest BCUT2D eigenvalue weighted by molar-refractivity contribution is 0.0879. The number of hydrogen-bond donors (Lipinski definition) is 5. The number of nitrogens with two attached hydrogens (primary N) is 1. The quantitative estimate of drug-likeness (QED) is 0.317. The van der Waals surface area contributed by atoms with E-state index in [4.69, 9.17) is 17.3 Å². The van der Waals surface area contributed by atoms with Gasteiger partial charge in [0.2, 0.25) is 0 Å². The largest absolute Gasteiger partial charge is 0.394 e. The van der Waals surface area contributed by atoms with Gasteiger partial charge in [0.1, 0.15) is 0 Å². The summed E-state index contributed by atoms with van der Waals surface area (Å²) in [5, 5.41) is 23.1. The first kappa shape index (κ1) is 20.9. The number of rotatable bonds is 6. The summed E-state index contributed by atoms with van der Waals surface area (Å²) in [4.78, 5) is 27.9. The predicted octanol–water partition coefficient (Wildman–Crippen LogP) is 2.82. The molecular weight excluding hydrogens is 418 g/mol. The van der Waals surface area contributed by atoms with Crippen molar-refractivity contribution in [3.8, 4) is 11.1 Å². The van der Waals surface area contributed by atoms with Crippen molar-refractivity contribution in [1.82, 2.24) is 10.3 Å². The molecule has 4 rings (SSSR count). The number of aliphatic hydroxyl groups excluding tert-OH is 2. The molecule has 0 aliphatic carbocycles. The molecule has 0 radical (unpaired) electrons. The summed E-state index contributed by atoms with van der Waals surface area (Å²) in [7, 11) is 0. The molecule has 7 nitrogen and oxygen atoms in total. The minimum atomic E-state index is -0.746. The van der Waals surface area contributed by atoms with Crippen LogP contribution in [0.3, 0.4) is 0 Å². The molecule has 1 aromatic heterocycles. The fourth-order valence-electron chi connectivity index (χ4n) is 3.56. The van der Waals surface area contributed by atoms with Crippen LogP contribution in [-0.2, 0) is 0 Å². The number of nitrogens with one attached hydrogen (secondary N) is 2. The first-order valence-corrected chi connectivity index (χ1v) is 9.97. The van der Waals surface area contributed by atoms with E-state index >= 15 is 0 Å². The third-order valence-electron chi connectivity index (χ3n) is 5.19. The highest BCUT2D eigenvalue weighted by molar-refractivity contribution is 6.30. The highest BCUT2D eigenvalue weighted by atomic mass is 35.5. The summed E-state index contributed by atoms with van der Waals surface area (Å²) in [5.74, 6) is -0.993. The van der Waals surface area contributed by atoms with Gasteiger partial charge in [-0.1, -0.05) is 23.7 Å². The van der Waals surface area contributed by atoms with Gasteiger partial charge in [-0.3, -0.25) is 9.59 Å². The molecule has 1 heterocycles. The Morgan fingerprint density at radius 2 is 1.68 bits per heavy atom. The third kappa shape index (κ3) is 3.98. The van der Waals surface area contributed by atoms with Crippen LogP contribution in [0.4, 0.5) is 0 Å². The van der Waals surface area contributed by atoms with Crippen LogP contribution < -0.4 is 11.1 Å². The van der Waals surface area contributed by atoms with E-state index in [0.29, 0.717) is 21.7 Å². The maximum absolute atomic E-state index is 12.5. The Kier molecular flexibility index (Phi) is 5.65. The van der Waals surface area contributed by atoms with Crippen molar-refractivity contribution < 1.29 is 19.8 Å². The maximum Gasteiger partial charge on any atom is 0.251 e. The van der Waals surface area contributed by atoms with Crippen LogP contribution in [0.15, 0.2) is 54.6 Å². The van der Waals surface area contributed by atoms with Crippen LogP contribution >= 0.6 is 11.6 Å². The topological polar surface area (TPSA) is 128 Å². The number of amides is 2. The Morgan fingerprint density at radius 1 is 0.968 bits per heavy atom. The Balaban J connectivity index is 1.88. The zero-order valence-corrected chi connectivity index (χ0v) is 17.1. The van der Waals surface area contributed by atoms with Gasteiger partial charge in [0.05, 0.1) is 30.3 Å². The van der Waals surface area contributed by atoms with Gasteiger partial charge >= 0.3 is 0 Å². The molecule has 4 aromatic rings. The lowest BCUT2D eigenvalue weighted by atomic mass is 9.98. The number of carbonyl (C=O) groups is 2. The van der Waals surface area contributed by atoms with Crippen LogP contribution in [0.2, 0.25) is 5.02 Å². The van der Waals surface area contributed by atoms with E-state index in [9.17, 15) is 19.8 Å². The lowest BCUT2D eigenvalue weighted by Gasteiger charge is -2.13. The lowest BCUT2D eigenvalue weighted by Crippen LogP contribution is -2.40. The molecule has 0 aliphatic heterocycles. The summed E-state index contributed by atoms with van der Waals surface area (Å²) in [6.07, 6.45) is 0. The molecule has 8 heteroatoms. The van der Waals surface area contributed by atoms with Crippen molar-refractivity contribution in [3.63, 3.8) is 0 Å². The van der Waals surface area contributed by atoms with Crippen molar-refractivity contribution in [2.45, 2.75) is 6.04 Å². The van der Waals surface area contributed by atoms with E-state index in [2.05, 4.69) is 10.3 Å². The summed E-state index contributed by atoms with van der Waals surface area (Å²) in [6, 6.07) is 15.2.